The fourth-order valence-corrected chi connectivity index (χ4v) is 7.08. The zero-order chi connectivity index (χ0) is 28.0. The van der Waals surface area contributed by atoms with Gasteiger partial charge in [0.05, 0.1) is 31.4 Å². The van der Waals surface area contributed by atoms with Crippen LogP contribution in [0.2, 0.25) is 0 Å². The summed E-state index contributed by atoms with van der Waals surface area (Å²) < 4.78 is 65.7. The van der Waals surface area contributed by atoms with Crippen molar-refractivity contribution in [2.75, 3.05) is 53.2 Å². The van der Waals surface area contributed by atoms with E-state index in [1.807, 2.05) is 36.4 Å². The van der Waals surface area contributed by atoms with Crippen molar-refractivity contribution in [3.63, 3.8) is 0 Å². The number of rotatable bonds is 11. The first kappa shape index (κ1) is 29.0. The molecule has 3 aromatic rings. The van der Waals surface area contributed by atoms with Crippen LogP contribution < -0.4 is 14.2 Å². The summed E-state index contributed by atoms with van der Waals surface area (Å²) in [6.45, 7) is 1.78. The standard InChI is InChI=1S/C28H35N3O6S2/c1-36-25-20-24(14-15-29-38(3,32)33)27(21-26(25)37-2)39(34,35)31-18-16-30(17-19-31)28(22-10-6-4-7-11-22)23-12-8-5-9-13-23/h4-13,20-21,28-29H,14-19H2,1-3H3. The lowest BCUT2D eigenvalue weighted by Gasteiger charge is -2.39. The molecule has 0 bridgehead atoms. The van der Waals surface area contributed by atoms with Crippen molar-refractivity contribution in [3.8, 4) is 11.5 Å². The van der Waals surface area contributed by atoms with E-state index in [1.165, 1.54) is 24.6 Å². The van der Waals surface area contributed by atoms with Gasteiger partial charge in [-0.2, -0.15) is 4.31 Å². The van der Waals surface area contributed by atoms with Gasteiger partial charge >= 0.3 is 0 Å². The first-order valence-electron chi connectivity index (χ1n) is 12.7. The van der Waals surface area contributed by atoms with Gasteiger partial charge in [0.25, 0.3) is 0 Å². The third kappa shape index (κ3) is 6.98. The van der Waals surface area contributed by atoms with Crippen LogP contribution in [0.1, 0.15) is 22.7 Å². The van der Waals surface area contributed by atoms with Gasteiger partial charge in [-0.3, -0.25) is 4.90 Å². The van der Waals surface area contributed by atoms with Crippen LogP contribution in [0.25, 0.3) is 0 Å². The molecule has 1 fully saturated rings. The molecule has 210 valence electrons. The predicted molar refractivity (Wildman–Crippen MR) is 151 cm³/mol. The molecule has 1 N–H and O–H groups in total. The number of nitrogens with zero attached hydrogens (tertiary/aromatic N) is 2. The average molecular weight is 574 g/mol. The van der Waals surface area contributed by atoms with Crippen LogP contribution in [0, 0.1) is 0 Å². The Morgan fingerprint density at radius 3 is 1.79 bits per heavy atom. The molecule has 3 aromatic carbocycles. The largest absolute Gasteiger partial charge is 0.493 e. The van der Waals surface area contributed by atoms with Crippen molar-refractivity contribution in [2.24, 2.45) is 0 Å². The second-order valence-corrected chi connectivity index (χ2v) is 13.1. The summed E-state index contributed by atoms with van der Waals surface area (Å²) in [5.41, 5.74) is 2.76. The number of nitrogens with one attached hydrogen (secondary N) is 1. The summed E-state index contributed by atoms with van der Waals surface area (Å²) in [7, 11) is -4.40. The highest BCUT2D eigenvalue weighted by Crippen LogP contribution is 2.35. The zero-order valence-corrected chi connectivity index (χ0v) is 24.0. The van der Waals surface area contributed by atoms with E-state index in [1.54, 1.807) is 6.07 Å². The molecule has 0 aromatic heterocycles. The highest BCUT2D eigenvalue weighted by Gasteiger charge is 2.34. The third-order valence-electron chi connectivity index (χ3n) is 6.81. The van der Waals surface area contributed by atoms with E-state index in [9.17, 15) is 16.8 Å². The molecule has 0 saturated carbocycles. The Bertz CT molecular complexity index is 1420. The van der Waals surface area contributed by atoms with Crippen LogP contribution in [-0.2, 0) is 26.5 Å². The summed E-state index contributed by atoms with van der Waals surface area (Å²) in [5.74, 6) is 0.673. The fourth-order valence-electron chi connectivity index (χ4n) is 4.93. The summed E-state index contributed by atoms with van der Waals surface area (Å²) in [6, 6.07) is 23.5. The molecular weight excluding hydrogens is 538 g/mol. The average Bonchev–Trinajstić information content (AvgIpc) is 2.93. The lowest BCUT2D eigenvalue weighted by Crippen LogP contribution is -2.49. The predicted octanol–water partition coefficient (Wildman–Crippen LogP) is 2.89. The number of methoxy groups -OCH3 is 2. The van der Waals surface area contributed by atoms with E-state index in [0.717, 1.165) is 17.4 Å². The summed E-state index contributed by atoms with van der Waals surface area (Å²) >= 11 is 0. The van der Waals surface area contributed by atoms with Crippen molar-refractivity contribution >= 4 is 20.0 Å². The number of ether oxygens (including phenoxy) is 2. The number of benzene rings is 3. The zero-order valence-electron chi connectivity index (χ0n) is 22.4. The molecule has 9 nitrogen and oxygen atoms in total. The Kier molecular flexibility index (Phi) is 9.29. The smallest absolute Gasteiger partial charge is 0.243 e. The Hall–Kier alpha value is -2.96. The molecular formula is C28H35N3O6S2. The van der Waals surface area contributed by atoms with E-state index in [0.29, 0.717) is 43.2 Å². The van der Waals surface area contributed by atoms with Crippen LogP contribution in [-0.4, -0.2) is 79.2 Å². The van der Waals surface area contributed by atoms with Crippen molar-refractivity contribution in [2.45, 2.75) is 17.4 Å². The maximum atomic E-state index is 13.9. The van der Waals surface area contributed by atoms with Crippen molar-refractivity contribution in [1.29, 1.82) is 0 Å². The fraction of sp³-hybridized carbons (Fsp3) is 0.357. The molecule has 4 rings (SSSR count). The van der Waals surface area contributed by atoms with E-state index in [2.05, 4.69) is 33.9 Å². The molecule has 0 radical (unpaired) electrons. The Balaban J connectivity index is 1.60. The summed E-state index contributed by atoms with van der Waals surface area (Å²) in [4.78, 5) is 2.40. The molecule has 1 aliphatic rings. The Morgan fingerprint density at radius 1 is 0.795 bits per heavy atom. The molecule has 0 spiro atoms. The first-order chi connectivity index (χ1) is 18.6. The van der Waals surface area contributed by atoms with Crippen LogP contribution >= 0.6 is 0 Å². The SMILES string of the molecule is COc1cc(CCNS(C)(=O)=O)c(S(=O)(=O)N2CCN(C(c3ccccc3)c3ccccc3)CC2)cc1OC. The first-order valence-corrected chi connectivity index (χ1v) is 16.0. The molecule has 0 amide bonds. The van der Waals surface area contributed by atoms with Crippen molar-refractivity contribution in [3.05, 3.63) is 89.5 Å². The number of sulfonamides is 2. The monoisotopic (exact) mass is 573 g/mol. The molecule has 0 aliphatic carbocycles. The van der Waals surface area contributed by atoms with Gasteiger partial charge in [0.1, 0.15) is 0 Å². The van der Waals surface area contributed by atoms with Gasteiger partial charge < -0.3 is 9.47 Å². The lowest BCUT2D eigenvalue weighted by atomic mass is 9.96. The minimum absolute atomic E-state index is 0.0102. The van der Waals surface area contributed by atoms with Gasteiger partial charge in [0.2, 0.25) is 20.0 Å². The van der Waals surface area contributed by atoms with Crippen molar-refractivity contribution in [1.82, 2.24) is 13.9 Å². The van der Waals surface area contributed by atoms with Gasteiger partial charge in [-0.1, -0.05) is 60.7 Å². The number of hydrogen-bond acceptors (Lipinski definition) is 7. The molecule has 0 atom stereocenters. The highest BCUT2D eigenvalue weighted by molar-refractivity contribution is 7.89. The van der Waals surface area contributed by atoms with Crippen LogP contribution in [0.3, 0.4) is 0 Å². The molecule has 0 unspecified atom stereocenters. The van der Waals surface area contributed by atoms with Crippen LogP contribution in [0.4, 0.5) is 0 Å². The molecule has 1 heterocycles. The maximum Gasteiger partial charge on any atom is 0.243 e. The van der Waals surface area contributed by atoms with Crippen LogP contribution in [0.5, 0.6) is 11.5 Å². The van der Waals surface area contributed by atoms with Gasteiger partial charge in [0.15, 0.2) is 11.5 Å². The van der Waals surface area contributed by atoms with E-state index < -0.39 is 20.0 Å². The summed E-state index contributed by atoms with van der Waals surface area (Å²) in [6.07, 6.45) is 1.24. The van der Waals surface area contributed by atoms with Gasteiger partial charge in [0, 0.05) is 38.8 Å². The van der Waals surface area contributed by atoms with Gasteiger partial charge in [-0.05, 0) is 29.2 Å². The highest BCUT2D eigenvalue weighted by atomic mass is 32.2. The normalized spacial score (nSPS) is 15.4. The minimum Gasteiger partial charge on any atom is -0.493 e. The molecule has 11 heteroatoms. The third-order valence-corrected chi connectivity index (χ3v) is 9.52. The topological polar surface area (TPSA) is 105 Å². The second-order valence-electron chi connectivity index (χ2n) is 9.40. The Labute approximate surface area is 231 Å². The number of piperazine rings is 1. The minimum atomic E-state index is -3.90. The maximum absolute atomic E-state index is 13.9. The molecule has 1 aliphatic heterocycles. The van der Waals surface area contributed by atoms with E-state index in [-0.39, 0.29) is 23.9 Å². The van der Waals surface area contributed by atoms with Crippen molar-refractivity contribution < 1.29 is 26.3 Å². The molecule has 1 saturated heterocycles. The van der Waals surface area contributed by atoms with Gasteiger partial charge in [-0.25, -0.2) is 21.6 Å². The lowest BCUT2D eigenvalue weighted by molar-refractivity contribution is 0.155. The number of hydrogen-bond donors (Lipinski definition) is 1. The van der Waals surface area contributed by atoms with E-state index >= 15 is 0 Å². The van der Waals surface area contributed by atoms with E-state index in [4.69, 9.17) is 9.47 Å². The second kappa shape index (κ2) is 12.5. The molecule has 39 heavy (non-hydrogen) atoms. The summed E-state index contributed by atoms with van der Waals surface area (Å²) in [5, 5.41) is 0. The van der Waals surface area contributed by atoms with Crippen LogP contribution in [0.15, 0.2) is 77.7 Å². The Morgan fingerprint density at radius 2 is 1.31 bits per heavy atom. The quantitative estimate of drug-likeness (QED) is 0.376. The van der Waals surface area contributed by atoms with Gasteiger partial charge in [-0.15, -0.1) is 0 Å².